The number of hydrogen-bond acceptors (Lipinski definition) is 4. The van der Waals surface area contributed by atoms with E-state index in [0.29, 0.717) is 33.1 Å². The predicted octanol–water partition coefficient (Wildman–Crippen LogP) is 4.10. The number of halogens is 1. The number of carbonyl (C=O) groups excluding carboxylic acids is 1. The third-order valence-electron chi connectivity index (χ3n) is 5.70. The molecule has 0 atom stereocenters. The lowest BCUT2D eigenvalue weighted by molar-refractivity contribution is -0.115. The summed E-state index contributed by atoms with van der Waals surface area (Å²) in [5.41, 5.74) is 1.50. The summed E-state index contributed by atoms with van der Waals surface area (Å²) in [5.74, 6) is 0.227. The van der Waals surface area contributed by atoms with Crippen LogP contribution < -0.4 is 10.5 Å². The van der Waals surface area contributed by atoms with Gasteiger partial charge in [-0.3, -0.25) is 9.48 Å². The first-order valence-corrected chi connectivity index (χ1v) is 12.3. The van der Waals surface area contributed by atoms with Crippen LogP contribution in [0.15, 0.2) is 47.5 Å². The molecule has 3 aromatic rings. The van der Waals surface area contributed by atoms with Gasteiger partial charge in [0, 0.05) is 28.8 Å². The highest BCUT2D eigenvalue weighted by molar-refractivity contribution is 7.89. The van der Waals surface area contributed by atoms with Crippen LogP contribution in [0.1, 0.15) is 37.7 Å². The van der Waals surface area contributed by atoms with E-state index in [1.165, 1.54) is 25.3 Å². The number of nitrogens with zero attached hydrogens (tertiary/aromatic N) is 2. The van der Waals surface area contributed by atoms with Gasteiger partial charge < -0.3 is 5.32 Å². The zero-order valence-corrected chi connectivity index (χ0v) is 18.6. The minimum atomic E-state index is -4.00. The number of primary sulfonamides is 1. The van der Waals surface area contributed by atoms with Crippen molar-refractivity contribution in [1.82, 2.24) is 9.78 Å². The summed E-state index contributed by atoms with van der Waals surface area (Å²) >= 11 is 6.13. The summed E-state index contributed by atoms with van der Waals surface area (Å²) in [5, 5.41) is 13.7. The first-order valence-electron chi connectivity index (χ1n) is 10.4. The van der Waals surface area contributed by atoms with Gasteiger partial charge in [-0.15, -0.1) is 0 Å². The van der Waals surface area contributed by atoms with Gasteiger partial charge in [-0.25, -0.2) is 13.6 Å². The van der Waals surface area contributed by atoms with Crippen molar-refractivity contribution in [1.29, 1.82) is 0 Å². The molecule has 4 rings (SSSR count). The van der Waals surface area contributed by atoms with Crippen LogP contribution in [0.3, 0.4) is 0 Å². The van der Waals surface area contributed by atoms with Crippen molar-refractivity contribution in [3.63, 3.8) is 0 Å². The Morgan fingerprint density at radius 2 is 1.94 bits per heavy atom. The summed E-state index contributed by atoms with van der Waals surface area (Å²) in [7, 11) is -4.00. The normalized spacial score (nSPS) is 15.3. The lowest BCUT2D eigenvalue weighted by Crippen LogP contribution is -2.16. The molecule has 7 nitrogen and oxygen atoms in total. The summed E-state index contributed by atoms with van der Waals surface area (Å²) in [6, 6.07) is 10.1. The average molecular weight is 461 g/mol. The highest BCUT2D eigenvalue weighted by atomic mass is 35.5. The Hall–Kier alpha value is -2.42. The molecule has 0 spiro atoms. The average Bonchev–Trinajstić information content (AvgIpc) is 3.11. The SMILES string of the molecule is NS(=O)(=O)c1cc(NC(=O)Cc2ccccc2Cl)cc2nn(CC3CCCCC3)cc12. The highest BCUT2D eigenvalue weighted by Gasteiger charge is 2.20. The predicted molar refractivity (Wildman–Crippen MR) is 121 cm³/mol. The third-order valence-corrected chi connectivity index (χ3v) is 7.02. The summed E-state index contributed by atoms with van der Waals surface area (Å²) in [6.45, 7) is 0.743. The van der Waals surface area contributed by atoms with Crippen molar-refractivity contribution < 1.29 is 13.2 Å². The molecule has 1 aliphatic carbocycles. The second-order valence-corrected chi connectivity index (χ2v) is 10.1. The fourth-order valence-corrected chi connectivity index (χ4v) is 5.15. The molecule has 1 fully saturated rings. The molecule has 0 bridgehead atoms. The minimum absolute atomic E-state index is 0.0482. The van der Waals surface area contributed by atoms with E-state index >= 15 is 0 Å². The van der Waals surface area contributed by atoms with E-state index in [4.69, 9.17) is 16.7 Å². The van der Waals surface area contributed by atoms with Crippen molar-refractivity contribution in [2.45, 2.75) is 50.0 Å². The number of nitrogens with one attached hydrogen (secondary N) is 1. The Labute approximate surface area is 186 Å². The number of fused-ring (bicyclic) bond motifs is 1. The molecule has 1 aromatic heterocycles. The van der Waals surface area contributed by atoms with Crippen molar-refractivity contribution in [2.24, 2.45) is 11.1 Å². The number of anilines is 1. The molecule has 9 heteroatoms. The fourth-order valence-electron chi connectivity index (χ4n) is 4.20. The van der Waals surface area contributed by atoms with Gasteiger partial charge in [-0.2, -0.15) is 5.10 Å². The van der Waals surface area contributed by atoms with Crippen molar-refractivity contribution in [3.8, 4) is 0 Å². The highest BCUT2D eigenvalue weighted by Crippen LogP contribution is 2.29. The van der Waals surface area contributed by atoms with Crippen LogP contribution in [0.4, 0.5) is 5.69 Å². The minimum Gasteiger partial charge on any atom is -0.326 e. The van der Waals surface area contributed by atoms with Crippen LogP contribution >= 0.6 is 11.6 Å². The molecule has 0 radical (unpaired) electrons. The molecule has 1 aliphatic rings. The number of amides is 1. The lowest BCUT2D eigenvalue weighted by Gasteiger charge is -2.21. The molecular weight excluding hydrogens is 436 g/mol. The number of nitrogens with two attached hydrogens (primary N) is 1. The topological polar surface area (TPSA) is 107 Å². The van der Waals surface area contributed by atoms with E-state index in [-0.39, 0.29) is 17.2 Å². The number of rotatable bonds is 6. The van der Waals surface area contributed by atoms with Gasteiger partial charge in [0.1, 0.15) is 0 Å². The van der Waals surface area contributed by atoms with Crippen LogP contribution in [0, 0.1) is 5.92 Å². The monoisotopic (exact) mass is 460 g/mol. The van der Waals surface area contributed by atoms with Gasteiger partial charge in [0.05, 0.1) is 16.8 Å². The zero-order valence-electron chi connectivity index (χ0n) is 17.1. The van der Waals surface area contributed by atoms with Crippen LogP contribution in [0.25, 0.3) is 10.9 Å². The van der Waals surface area contributed by atoms with Crippen LogP contribution in [-0.2, 0) is 27.8 Å². The molecule has 1 saturated carbocycles. The maximum Gasteiger partial charge on any atom is 0.238 e. The van der Waals surface area contributed by atoms with Crippen molar-refractivity contribution >= 4 is 44.1 Å². The smallest absolute Gasteiger partial charge is 0.238 e. The Balaban J connectivity index is 1.61. The first kappa shape index (κ1) is 21.8. The molecule has 0 aliphatic heterocycles. The second kappa shape index (κ2) is 8.98. The molecular formula is C22H25ClN4O3S. The molecule has 0 saturated heterocycles. The Morgan fingerprint density at radius 1 is 1.19 bits per heavy atom. The molecule has 1 amide bonds. The summed E-state index contributed by atoms with van der Waals surface area (Å²) in [6.07, 6.45) is 7.82. The maximum absolute atomic E-state index is 12.5. The number of sulfonamides is 1. The van der Waals surface area contributed by atoms with E-state index in [1.54, 1.807) is 41.2 Å². The Kier molecular flexibility index (Phi) is 6.31. The van der Waals surface area contributed by atoms with Gasteiger partial charge in [0.2, 0.25) is 15.9 Å². The van der Waals surface area contributed by atoms with E-state index in [1.807, 2.05) is 0 Å². The quantitative estimate of drug-likeness (QED) is 0.577. The van der Waals surface area contributed by atoms with Gasteiger partial charge in [-0.1, -0.05) is 49.1 Å². The number of carbonyl (C=O) groups is 1. The van der Waals surface area contributed by atoms with Gasteiger partial charge in [0.15, 0.2) is 0 Å². The Morgan fingerprint density at radius 3 is 2.65 bits per heavy atom. The molecule has 3 N–H and O–H groups in total. The van der Waals surface area contributed by atoms with E-state index in [9.17, 15) is 13.2 Å². The number of aromatic nitrogens is 2. The summed E-state index contributed by atoms with van der Waals surface area (Å²) < 4.78 is 26.3. The van der Waals surface area contributed by atoms with Gasteiger partial charge in [-0.05, 0) is 42.5 Å². The van der Waals surface area contributed by atoms with E-state index in [2.05, 4.69) is 10.4 Å². The maximum atomic E-state index is 12.5. The van der Waals surface area contributed by atoms with E-state index in [0.717, 1.165) is 19.4 Å². The molecule has 2 aromatic carbocycles. The first-order chi connectivity index (χ1) is 14.8. The fraction of sp³-hybridized carbons (Fsp3) is 0.364. The zero-order chi connectivity index (χ0) is 22.0. The van der Waals surface area contributed by atoms with Crippen LogP contribution in [0.2, 0.25) is 5.02 Å². The Bertz CT molecular complexity index is 1220. The van der Waals surface area contributed by atoms with Crippen molar-refractivity contribution in [3.05, 3.63) is 53.2 Å². The van der Waals surface area contributed by atoms with Crippen LogP contribution in [-0.4, -0.2) is 24.1 Å². The molecule has 164 valence electrons. The van der Waals surface area contributed by atoms with Gasteiger partial charge >= 0.3 is 0 Å². The molecule has 1 heterocycles. The lowest BCUT2D eigenvalue weighted by atomic mass is 9.89. The van der Waals surface area contributed by atoms with Crippen LogP contribution in [0.5, 0.6) is 0 Å². The standard InChI is InChI=1S/C22H25ClN4O3S/c23-19-9-5-4-8-16(19)10-22(28)25-17-11-20-18(21(12-17)31(24,29)30)14-27(26-20)13-15-6-2-1-3-7-15/h4-5,8-9,11-12,14-15H,1-3,6-7,10,13H2,(H,25,28)(H2,24,29,30). The van der Waals surface area contributed by atoms with Gasteiger partial charge in [0.25, 0.3) is 0 Å². The second-order valence-electron chi connectivity index (χ2n) is 8.12. The summed E-state index contributed by atoms with van der Waals surface area (Å²) in [4.78, 5) is 12.5. The third kappa shape index (κ3) is 5.26. The van der Waals surface area contributed by atoms with E-state index < -0.39 is 10.0 Å². The molecule has 31 heavy (non-hydrogen) atoms. The van der Waals surface area contributed by atoms with Crippen molar-refractivity contribution in [2.75, 3.05) is 5.32 Å². The largest absolute Gasteiger partial charge is 0.326 e. The number of hydrogen-bond donors (Lipinski definition) is 2. The number of benzene rings is 2. The molecule has 0 unspecified atom stereocenters.